The molecule has 1 aliphatic rings. The Bertz CT molecular complexity index is 914. The summed E-state index contributed by atoms with van der Waals surface area (Å²) >= 11 is 0. The Hall–Kier alpha value is -3.20. The summed E-state index contributed by atoms with van der Waals surface area (Å²) in [4.78, 5) is 24.4. The second-order valence-electron chi connectivity index (χ2n) is 5.63. The van der Waals surface area contributed by atoms with Crippen molar-refractivity contribution in [2.75, 3.05) is 5.73 Å². The first kappa shape index (κ1) is 15.7. The van der Waals surface area contributed by atoms with E-state index in [0.717, 1.165) is 0 Å². The molecular weight excluding hydrogens is 298 g/mol. The van der Waals surface area contributed by atoms with Crippen LogP contribution in [-0.2, 0) is 0 Å². The summed E-state index contributed by atoms with van der Waals surface area (Å²) in [7, 11) is 0. The Morgan fingerprint density at radius 1 is 0.625 bits per heavy atom. The van der Waals surface area contributed by atoms with E-state index in [-0.39, 0.29) is 11.6 Å². The standard InChI is InChI=1S/C14H9NO2.C7H8/c15-11-7-3-6-10-12(11)14(17)9-5-2-1-4-8(9)13(10)16;1-7-5-3-2-4-6-7/h1-7H,15H2;2-6H,1H3. The van der Waals surface area contributed by atoms with Crippen molar-refractivity contribution in [1.82, 2.24) is 0 Å². The van der Waals surface area contributed by atoms with Crippen LogP contribution in [0.3, 0.4) is 0 Å². The average molecular weight is 315 g/mol. The molecule has 0 heterocycles. The fraction of sp³-hybridized carbons (Fsp3) is 0.0476. The van der Waals surface area contributed by atoms with Gasteiger partial charge in [0.05, 0.1) is 5.56 Å². The van der Waals surface area contributed by atoms with Crippen LogP contribution in [0.15, 0.2) is 72.8 Å². The lowest BCUT2D eigenvalue weighted by molar-refractivity contribution is 0.0979. The van der Waals surface area contributed by atoms with Crippen molar-refractivity contribution < 1.29 is 9.59 Å². The third-order valence-corrected chi connectivity index (χ3v) is 3.93. The minimum atomic E-state index is -0.173. The molecule has 0 amide bonds. The second-order valence-corrected chi connectivity index (χ2v) is 5.63. The number of anilines is 1. The van der Waals surface area contributed by atoms with Gasteiger partial charge in [-0.05, 0) is 13.0 Å². The van der Waals surface area contributed by atoms with Crippen molar-refractivity contribution in [2.24, 2.45) is 0 Å². The van der Waals surface area contributed by atoms with Gasteiger partial charge in [0.25, 0.3) is 0 Å². The van der Waals surface area contributed by atoms with Gasteiger partial charge in [-0.15, -0.1) is 0 Å². The number of benzene rings is 3. The van der Waals surface area contributed by atoms with E-state index in [1.54, 1.807) is 42.5 Å². The van der Waals surface area contributed by atoms with E-state index >= 15 is 0 Å². The molecule has 2 N–H and O–H groups in total. The zero-order valence-corrected chi connectivity index (χ0v) is 13.3. The number of rotatable bonds is 0. The molecule has 0 saturated carbocycles. The second kappa shape index (κ2) is 6.50. The van der Waals surface area contributed by atoms with Gasteiger partial charge in [0.15, 0.2) is 11.6 Å². The van der Waals surface area contributed by atoms with Crippen LogP contribution in [0.2, 0.25) is 0 Å². The molecular formula is C21H17NO2. The maximum absolute atomic E-state index is 12.2. The fourth-order valence-electron chi connectivity index (χ4n) is 2.71. The molecule has 0 spiro atoms. The van der Waals surface area contributed by atoms with E-state index in [2.05, 4.69) is 19.1 Å². The molecule has 3 heteroatoms. The quantitative estimate of drug-likeness (QED) is 0.498. The Morgan fingerprint density at radius 3 is 1.75 bits per heavy atom. The van der Waals surface area contributed by atoms with E-state index in [0.29, 0.717) is 27.9 Å². The molecule has 0 aliphatic heterocycles. The third kappa shape index (κ3) is 2.84. The van der Waals surface area contributed by atoms with Gasteiger partial charge in [-0.1, -0.05) is 72.3 Å². The van der Waals surface area contributed by atoms with Gasteiger partial charge in [-0.3, -0.25) is 9.59 Å². The highest BCUT2D eigenvalue weighted by molar-refractivity contribution is 6.29. The van der Waals surface area contributed by atoms with E-state index in [4.69, 9.17) is 5.73 Å². The first-order valence-corrected chi connectivity index (χ1v) is 7.68. The summed E-state index contributed by atoms with van der Waals surface area (Å²) in [5.74, 6) is -0.309. The molecule has 0 atom stereocenters. The van der Waals surface area contributed by atoms with E-state index in [1.165, 1.54) is 5.56 Å². The molecule has 1 aliphatic carbocycles. The number of hydrogen-bond acceptors (Lipinski definition) is 3. The summed E-state index contributed by atoms with van der Waals surface area (Å²) in [6.07, 6.45) is 0. The summed E-state index contributed by atoms with van der Waals surface area (Å²) in [6.45, 7) is 2.08. The zero-order chi connectivity index (χ0) is 17.1. The molecule has 0 bridgehead atoms. The molecule has 3 aromatic rings. The average Bonchev–Trinajstić information content (AvgIpc) is 2.61. The van der Waals surface area contributed by atoms with Crippen molar-refractivity contribution in [2.45, 2.75) is 6.92 Å². The van der Waals surface area contributed by atoms with Gasteiger partial charge in [0, 0.05) is 22.4 Å². The number of carbonyl (C=O) groups excluding carboxylic acids is 2. The van der Waals surface area contributed by atoms with E-state index in [9.17, 15) is 9.59 Å². The minimum Gasteiger partial charge on any atom is -0.398 e. The van der Waals surface area contributed by atoms with Crippen LogP contribution in [0.5, 0.6) is 0 Å². The zero-order valence-electron chi connectivity index (χ0n) is 13.3. The maximum atomic E-state index is 12.2. The SMILES string of the molecule is Cc1ccccc1.Nc1cccc2c1C(=O)c1ccccc1C2=O. The summed E-state index contributed by atoms with van der Waals surface area (Å²) < 4.78 is 0. The topological polar surface area (TPSA) is 60.2 Å². The summed E-state index contributed by atoms with van der Waals surface area (Å²) in [5.41, 5.74) is 9.07. The Labute approximate surface area is 140 Å². The van der Waals surface area contributed by atoms with Gasteiger partial charge < -0.3 is 5.73 Å². The smallest absolute Gasteiger partial charge is 0.196 e. The number of nitrogens with two attached hydrogens (primary N) is 1. The van der Waals surface area contributed by atoms with Gasteiger partial charge in [-0.2, -0.15) is 0 Å². The number of hydrogen-bond donors (Lipinski definition) is 1. The van der Waals surface area contributed by atoms with Gasteiger partial charge in [0.1, 0.15) is 0 Å². The van der Waals surface area contributed by atoms with Gasteiger partial charge in [0.2, 0.25) is 0 Å². The van der Waals surface area contributed by atoms with Gasteiger partial charge in [-0.25, -0.2) is 0 Å². The highest BCUT2D eigenvalue weighted by atomic mass is 16.1. The van der Waals surface area contributed by atoms with Crippen LogP contribution in [0, 0.1) is 6.92 Å². The largest absolute Gasteiger partial charge is 0.398 e. The molecule has 3 nitrogen and oxygen atoms in total. The van der Waals surface area contributed by atoms with Crippen LogP contribution in [0.1, 0.15) is 37.4 Å². The van der Waals surface area contributed by atoms with Crippen LogP contribution in [0.25, 0.3) is 0 Å². The molecule has 0 fully saturated rings. The van der Waals surface area contributed by atoms with Crippen molar-refractivity contribution in [1.29, 1.82) is 0 Å². The molecule has 0 saturated heterocycles. The number of nitrogen functional groups attached to an aromatic ring is 1. The van der Waals surface area contributed by atoms with Crippen LogP contribution in [0.4, 0.5) is 5.69 Å². The summed E-state index contributed by atoms with van der Waals surface area (Å²) in [6, 6.07) is 22.0. The Balaban J connectivity index is 0.000000203. The van der Waals surface area contributed by atoms with Crippen molar-refractivity contribution in [3.8, 4) is 0 Å². The van der Waals surface area contributed by atoms with Crippen molar-refractivity contribution in [3.05, 3.63) is 101 Å². The lowest BCUT2D eigenvalue weighted by Crippen LogP contribution is -2.22. The van der Waals surface area contributed by atoms with Crippen LogP contribution >= 0.6 is 0 Å². The molecule has 0 radical (unpaired) electrons. The number of aryl methyl sites for hydroxylation is 1. The van der Waals surface area contributed by atoms with Crippen LogP contribution < -0.4 is 5.73 Å². The first-order chi connectivity index (χ1) is 11.6. The molecule has 4 rings (SSSR count). The first-order valence-electron chi connectivity index (χ1n) is 7.68. The van der Waals surface area contributed by atoms with Crippen molar-refractivity contribution in [3.63, 3.8) is 0 Å². The van der Waals surface area contributed by atoms with Gasteiger partial charge >= 0.3 is 0 Å². The highest BCUT2D eigenvalue weighted by Gasteiger charge is 2.30. The Kier molecular flexibility index (Phi) is 4.25. The van der Waals surface area contributed by atoms with Crippen LogP contribution in [-0.4, -0.2) is 11.6 Å². The minimum absolute atomic E-state index is 0.137. The number of fused-ring (bicyclic) bond motifs is 2. The van der Waals surface area contributed by atoms with E-state index < -0.39 is 0 Å². The molecule has 118 valence electrons. The Morgan fingerprint density at radius 2 is 1.17 bits per heavy atom. The van der Waals surface area contributed by atoms with E-state index in [1.807, 2.05) is 18.2 Å². The lowest BCUT2D eigenvalue weighted by atomic mass is 9.83. The molecule has 3 aromatic carbocycles. The van der Waals surface area contributed by atoms with Crippen molar-refractivity contribution >= 4 is 17.3 Å². The normalized spacial score (nSPS) is 11.9. The fourth-order valence-corrected chi connectivity index (χ4v) is 2.71. The summed E-state index contributed by atoms with van der Waals surface area (Å²) in [5, 5.41) is 0. The highest BCUT2D eigenvalue weighted by Crippen LogP contribution is 2.30. The molecule has 24 heavy (non-hydrogen) atoms. The monoisotopic (exact) mass is 315 g/mol. The predicted molar refractivity (Wildman–Crippen MR) is 95.3 cm³/mol. The number of carbonyl (C=O) groups is 2. The third-order valence-electron chi connectivity index (χ3n) is 3.93. The number of ketones is 2. The molecule has 0 unspecified atom stereocenters. The maximum Gasteiger partial charge on any atom is 0.196 e. The lowest BCUT2D eigenvalue weighted by Gasteiger charge is -2.18. The predicted octanol–water partition coefficient (Wildman–Crippen LogP) is 4.04. The molecule has 0 aromatic heterocycles.